The average molecular weight is 190 g/mol. The summed E-state index contributed by atoms with van der Waals surface area (Å²) >= 11 is 0. The second-order valence-corrected chi connectivity index (χ2v) is 4.52. The third-order valence-electron chi connectivity index (χ3n) is 3.09. The molecule has 1 aromatic heterocycles. The molecule has 0 amide bonds. The van der Waals surface area contributed by atoms with E-state index >= 15 is 0 Å². The van der Waals surface area contributed by atoms with Crippen LogP contribution < -0.4 is 5.73 Å². The Bertz CT molecular complexity index is 274. The fourth-order valence-electron chi connectivity index (χ4n) is 2.52. The first kappa shape index (κ1) is 9.66. The van der Waals surface area contributed by atoms with Crippen molar-refractivity contribution in [1.82, 2.24) is 4.98 Å². The first-order chi connectivity index (χ1) is 6.75. The van der Waals surface area contributed by atoms with Gasteiger partial charge in [-0.3, -0.25) is 4.98 Å². The van der Waals surface area contributed by atoms with Gasteiger partial charge in [0.25, 0.3) is 0 Å². The van der Waals surface area contributed by atoms with Gasteiger partial charge in [-0.25, -0.2) is 0 Å². The number of rotatable bonds is 1. The Morgan fingerprint density at radius 3 is 2.79 bits per heavy atom. The van der Waals surface area contributed by atoms with Gasteiger partial charge in [-0.05, 0) is 37.3 Å². The molecule has 1 aliphatic carbocycles. The zero-order chi connectivity index (χ0) is 9.97. The minimum absolute atomic E-state index is 0.366. The highest BCUT2D eigenvalue weighted by molar-refractivity contribution is 5.11. The Hall–Kier alpha value is -0.890. The number of aromatic nitrogens is 1. The maximum atomic E-state index is 6.03. The van der Waals surface area contributed by atoms with Gasteiger partial charge in [0.2, 0.25) is 0 Å². The summed E-state index contributed by atoms with van der Waals surface area (Å²) in [4.78, 5) is 4.42. The highest BCUT2D eigenvalue weighted by Crippen LogP contribution is 2.34. The summed E-state index contributed by atoms with van der Waals surface area (Å²) in [5.41, 5.74) is 7.24. The van der Waals surface area contributed by atoms with E-state index in [0.29, 0.717) is 12.0 Å². The van der Waals surface area contributed by atoms with Crippen molar-refractivity contribution in [1.29, 1.82) is 0 Å². The van der Waals surface area contributed by atoms with Crippen molar-refractivity contribution in [2.24, 2.45) is 11.7 Å². The standard InChI is InChI=1S/C12H18N2/c1-9-6-10(8-11(13)7-9)12-4-2-3-5-14-12/h2-5,9-11H,6-8,13H2,1H3/t9-,10+,11-/m1/s1. The van der Waals surface area contributed by atoms with Crippen molar-refractivity contribution in [2.45, 2.75) is 38.1 Å². The van der Waals surface area contributed by atoms with Crippen molar-refractivity contribution in [2.75, 3.05) is 0 Å². The summed E-state index contributed by atoms with van der Waals surface area (Å²) in [6.07, 6.45) is 5.38. The van der Waals surface area contributed by atoms with Crippen LogP contribution in [0.15, 0.2) is 24.4 Å². The van der Waals surface area contributed by atoms with E-state index in [9.17, 15) is 0 Å². The fraction of sp³-hybridized carbons (Fsp3) is 0.583. The molecule has 2 heteroatoms. The average Bonchev–Trinajstić information content (AvgIpc) is 2.18. The highest BCUT2D eigenvalue weighted by Gasteiger charge is 2.25. The van der Waals surface area contributed by atoms with Crippen molar-refractivity contribution in [3.63, 3.8) is 0 Å². The molecule has 1 aliphatic rings. The molecule has 0 spiro atoms. The monoisotopic (exact) mass is 190 g/mol. The summed E-state index contributed by atoms with van der Waals surface area (Å²) in [7, 11) is 0. The van der Waals surface area contributed by atoms with E-state index in [-0.39, 0.29) is 0 Å². The molecule has 0 saturated heterocycles. The SMILES string of the molecule is C[C@H]1C[C@@H](N)C[C@@H](c2ccccn2)C1. The Kier molecular flexibility index (Phi) is 2.82. The van der Waals surface area contributed by atoms with Crippen LogP contribution in [-0.2, 0) is 0 Å². The largest absolute Gasteiger partial charge is 0.328 e. The molecule has 0 bridgehead atoms. The lowest BCUT2D eigenvalue weighted by molar-refractivity contribution is 0.304. The predicted molar refractivity (Wildman–Crippen MR) is 58.0 cm³/mol. The van der Waals surface area contributed by atoms with Gasteiger partial charge in [0, 0.05) is 23.9 Å². The van der Waals surface area contributed by atoms with Crippen LogP contribution in [0.4, 0.5) is 0 Å². The van der Waals surface area contributed by atoms with Crippen LogP contribution >= 0.6 is 0 Å². The van der Waals surface area contributed by atoms with Gasteiger partial charge in [-0.1, -0.05) is 13.0 Å². The normalized spacial score (nSPS) is 32.9. The van der Waals surface area contributed by atoms with Crippen molar-refractivity contribution in [3.8, 4) is 0 Å². The quantitative estimate of drug-likeness (QED) is 0.738. The lowest BCUT2D eigenvalue weighted by Gasteiger charge is -2.30. The molecule has 14 heavy (non-hydrogen) atoms. The molecule has 76 valence electrons. The van der Waals surface area contributed by atoms with Gasteiger partial charge in [-0.2, -0.15) is 0 Å². The molecule has 0 unspecified atom stereocenters. The van der Waals surface area contributed by atoms with E-state index in [1.807, 2.05) is 12.3 Å². The summed E-state index contributed by atoms with van der Waals surface area (Å²) in [5.74, 6) is 1.32. The zero-order valence-corrected chi connectivity index (χ0v) is 8.69. The molecular weight excluding hydrogens is 172 g/mol. The highest BCUT2D eigenvalue weighted by atomic mass is 14.7. The lowest BCUT2D eigenvalue weighted by Crippen LogP contribution is -2.31. The van der Waals surface area contributed by atoms with Crippen LogP contribution in [0.25, 0.3) is 0 Å². The first-order valence-corrected chi connectivity index (χ1v) is 5.42. The molecule has 1 saturated carbocycles. The molecule has 2 rings (SSSR count). The minimum atomic E-state index is 0.366. The van der Waals surface area contributed by atoms with E-state index < -0.39 is 0 Å². The van der Waals surface area contributed by atoms with E-state index in [1.54, 1.807) is 0 Å². The van der Waals surface area contributed by atoms with Crippen LogP contribution in [-0.4, -0.2) is 11.0 Å². The Balaban J connectivity index is 2.11. The van der Waals surface area contributed by atoms with Crippen LogP contribution in [0.5, 0.6) is 0 Å². The van der Waals surface area contributed by atoms with Crippen LogP contribution in [0.1, 0.15) is 37.8 Å². The van der Waals surface area contributed by atoms with Crippen molar-refractivity contribution in [3.05, 3.63) is 30.1 Å². The summed E-state index contributed by atoms with van der Waals surface area (Å²) in [6.45, 7) is 2.29. The van der Waals surface area contributed by atoms with Crippen molar-refractivity contribution >= 4 is 0 Å². The van der Waals surface area contributed by atoms with Gasteiger partial charge in [-0.15, -0.1) is 0 Å². The fourth-order valence-corrected chi connectivity index (χ4v) is 2.52. The molecule has 2 N–H and O–H groups in total. The number of pyridine rings is 1. The van der Waals surface area contributed by atoms with Crippen LogP contribution in [0, 0.1) is 5.92 Å². The first-order valence-electron chi connectivity index (χ1n) is 5.42. The third kappa shape index (κ3) is 2.13. The van der Waals surface area contributed by atoms with Crippen LogP contribution in [0.2, 0.25) is 0 Å². The lowest BCUT2D eigenvalue weighted by atomic mass is 9.78. The van der Waals surface area contributed by atoms with Gasteiger partial charge in [0.15, 0.2) is 0 Å². The second-order valence-electron chi connectivity index (χ2n) is 4.52. The summed E-state index contributed by atoms with van der Waals surface area (Å²) in [5, 5.41) is 0. The Morgan fingerprint density at radius 1 is 1.29 bits per heavy atom. The predicted octanol–water partition coefficient (Wildman–Crippen LogP) is 2.31. The molecule has 3 atom stereocenters. The zero-order valence-electron chi connectivity index (χ0n) is 8.69. The van der Waals surface area contributed by atoms with E-state index in [1.165, 1.54) is 18.5 Å². The summed E-state index contributed by atoms with van der Waals surface area (Å²) in [6, 6.07) is 6.52. The molecular formula is C12H18N2. The molecule has 0 aromatic carbocycles. The smallest absolute Gasteiger partial charge is 0.0435 e. The van der Waals surface area contributed by atoms with E-state index in [2.05, 4.69) is 24.0 Å². The Labute approximate surface area is 85.5 Å². The van der Waals surface area contributed by atoms with Gasteiger partial charge in [0.1, 0.15) is 0 Å². The minimum Gasteiger partial charge on any atom is -0.328 e. The molecule has 0 radical (unpaired) electrons. The third-order valence-corrected chi connectivity index (χ3v) is 3.09. The Morgan fingerprint density at radius 2 is 2.14 bits per heavy atom. The number of nitrogens with zero attached hydrogens (tertiary/aromatic N) is 1. The maximum Gasteiger partial charge on any atom is 0.0435 e. The maximum absolute atomic E-state index is 6.03. The number of nitrogens with two attached hydrogens (primary N) is 1. The molecule has 1 heterocycles. The van der Waals surface area contributed by atoms with E-state index in [4.69, 9.17) is 5.73 Å². The van der Waals surface area contributed by atoms with Gasteiger partial charge < -0.3 is 5.73 Å². The molecule has 2 nitrogen and oxygen atoms in total. The second kappa shape index (κ2) is 4.09. The topological polar surface area (TPSA) is 38.9 Å². The molecule has 1 fully saturated rings. The van der Waals surface area contributed by atoms with Crippen molar-refractivity contribution < 1.29 is 0 Å². The molecule has 0 aliphatic heterocycles. The number of hydrogen-bond acceptors (Lipinski definition) is 2. The van der Waals surface area contributed by atoms with Gasteiger partial charge >= 0.3 is 0 Å². The van der Waals surface area contributed by atoms with E-state index in [0.717, 1.165) is 12.3 Å². The summed E-state index contributed by atoms with van der Waals surface area (Å²) < 4.78 is 0. The number of hydrogen-bond donors (Lipinski definition) is 1. The van der Waals surface area contributed by atoms with Gasteiger partial charge in [0.05, 0.1) is 0 Å². The van der Waals surface area contributed by atoms with Crippen LogP contribution in [0.3, 0.4) is 0 Å². The molecule has 1 aromatic rings.